The van der Waals surface area contributed by atoms with Gasteiger partial charge in [0.25, 0.3) is 0 Å². The van der Waals surface area contributed by atoms with Gasteiger partial charge < -0.3 is 0 Å². The molecule has 0 aliphatic rings. The number of pyridine rings is 1. The first-order chi connectivity index (χ1) is 4.74. The number of halogens is 3. The van der Waals surface area contributed by atoms with Crippen LogP contribution in [0.2, 0.25) is 5.15 Å². The quantitative estimate of drug-likeness (QED) is 0.478. The lowest BCUT2D eigenvalue weighted by Crippen LogP contribution is -1.87. The molecule has 1 rings (SSSR count). The predicted molar refractivity (Wildman–Crippen MR) is 38.8 cm³/mol. The van der Waals surface area contributed by atoms with Crippen LogP contribution in [0.4, 0.5) is 4.39 Å². The zero-order valence-corrected chi connectivity index (χ0v) is 6.45. The van der Waals surface area contributed by atoms with Crippen LogP contribution in [-0.4, -0.2) is 4.98 Å². The van der Waals surface area contributed by atoms with Crippen LogP contribution in [0.25, 0.3) is 0 Å². The van der Waals surface area contributed by atoms with Crippen molar-refractivity contribution in [3.05, 3.63) is 28.8 Å². The maximum Gasteiger partial charge on any atom is 0.145 e. The fraction of sp³-hybridized carbons (Fsp3) is 0.167. The summed E-state index contributed by atoms with van der Waals surface area (Å²) in [6.45, 7) is 0. The van der Waals surface area contributed by atoms with Crippen LogP contribution in [0.5, 0.6) is 0 Å². The van der Waals surface area contributed by atoms with Gasteiger partial charge in [0.05, 0.1) is 12.1 Å². The van der Waals surface area contributed by atoms with Gasteiger partial charge in [-0.25, -0.2) is 9.37 Å². The summed E-state index contributed by atoms with van der Waals surface area (Å²) >= 11 is 10.8. The molecule has 1 nitrogen and oxygen atoms in total. The molecule has 1 aromatic heterocycles. The van der Waals surface area contributed by atoms with Crippen LogP contribution in [-0.2, 0) is 5.88 Å². The molecule has 0 aromatic carbocycles. The molecule has 1 heterocycles. The van der Waals surface area contributed by atoms with Crippen molar-refractivity contribution in [2.24, 2.45) is 0 Å². The van der Waals surface area contributed by atoms with Crippen LogP contribution in [0.3, 0.4) is 0 Å². The molecule has 0 amide bonds. The number of rotatable bonds is 1. The molecule has 1 aromatic rings. The van der Waals surface area contributed by atoms with E-state index in [2.05, 4.69) is 4.98 Å². The molecule has 0 fully saturated rings. The Bertz CT molecular complexity index is 239. The summed E-state index contributed by atoms with van der Waals surface area (Å²) in [5, 5.41) is 0.261. The lowest BCUT2D eigenvalue weighted by Gasteiger charge is -1.95. The molecule has 0 saturated heterocycles. The largest absolute Gasteiger partial charge is 0.242 e. The average Bonchev–Trinajstić information content (AvgIpc) is 1.94. The second kappa shape index (κ2) is 3.17. The van der Waals surface area contributed by atoms with Crippen LogP contribution >= 0.6 is 23.2 Å². The maximum absolute atomic E-state index is 12.6. The van der Waals surface area contributed by atoms with E-state index in [-0.39, 0.29) is 11.0 Å². The molecule has 0 saturated carbocycles. The van der Waals surface area contributed by atoms with Gasteiger partial charge in [0.1, 0.15) is 11.0 Å². The average molecular weight is 180 g/mol. The highest BCUT2D eigenvalue weighted by molar-refractivity contribution is 6.29. The molecule has 0 aliphatic carbocycles. The summed E-state index contributed by atoms with van der Waals surface area (Å²) in [6.07, 6.45) is 1.06. The van der Waals surface area contributed by atoms with E-state index in [0.29, 0.717) is 5.56 Å². The highest BCUT2D eigenvalue weighted by Gasteiger charge is 2.00. The molecule has 4 heteroatoms. The fourth-order valence-electron chi connectivity index (χ4n) is 0.554. The van der Waals surface area contributed by atoms with Crippen molar-refractivity contribution >= 4 is 23.2 Å². The molecule has 0 unspecified atom stereocenters. The van der Waals surface area contributed by atoms with E-state index in [1.54, 1.807) is 0 Å². The second-order valence-electron chi connectivity index (χ2n) is 1.73. The second-order valence-corrected chi connectivity index (χ2v) is 2.39. The zero-order chi connectivity index (χ0) is 7.56. The Morgan fingerprint density at radius 1 is 1.60 bits per heavy atom. The van der Waals surface area contributed by atoms with E-state index in [1.165, 1.54) is 6.07 Å². The summed E-state index contributed by atoms with van der Waals surface area (Å²) in [5.41, 5.74) is 0.377. The van der Waals surface area contributed by atoms with Crippen molar-refractivity contribution in [1.29, 1.82) is 0 Å². The number of nitrogens with zero attached hydrogens (tertiary/aromatic N) is 1. The van der Waals surface area contributed by atoms with Crippen LogP contribution in [0, 0.1) is 5.82 Å². The molecular formula is C6H4Cl2FN. The molecule has 0 atom stereocenters. The van der Waals surface area contributed by atoms with Crippen molar-refractivity contribution in [1.82, 2.24) is 4.98 Å². The van der Waals surface area contributed by atoms with Gasteiger partial charge in [0.15, 0.2) is 0 Å². The number of alkyl halides is 1. The summed E-state index contributed by atoms with van der Waals surface area (Å²) in [7, 11) is 0. The van der Waals surface area contributed by atoms with Gasteiger partial charge in [-0.15, -0.1) is 11.6 Å². The van der Waals surface area contributed by atoms with E-state index < -0.39 is 5.82 Å². The summed E-state index contributed by atoms with van der Waals surface area (Å²) in [6, 6.07) is 1.41. The third kappa shape index (κ3) is 1.58. The number of hydrogen-bond donors (Lipinski definition) is 0. The molecule has 0 aliphatic heterocycles. The summed E-state index contributed by atoms with van der Waals surface area (Å²) < 4.78 is 12.6. The maximum atomic E-state index is 12.6. The molecule has 0 radical (unpaired) electrons. The Kier molecular flexibility index (Phi) is 2.46. The highest BCUT2D eigenvalue weighted by atomic mass is 35.5. The Balaban J connectivity index is 3.09. The summed E-state index contributed by atoms with van der Waals surface area (Å²) in [5.74, 6) is -0.298. The lowest BCUT2D eigenvalue weighted by atomic mass is 10.3. The van der Waals surface area contributed by atoms with E-state index in [0.717, 1.165) is 6.20 Å². The Hall–Kier alpha value is -0.340. The minimum Gasteiger partial charge on any atom is -0.242 e. The van der Waals surface area contributed by atoms with E-state index >= 15 is 0 Å². The standard InChI is InChI=1S/C6H4Cl2FN/c7-2-4-1-6(8)10-3-5(4)9/h1,3H,2H2. The Morgan fingerprint density at radius 2 is 2.30 bits per heavy atom. The Labute approximate surface area is 67.8 Å². The highest BCUT2D eigenvalue weighted by Crippen LogP contribution is 2.13. The van der Waals surface area contributed by atoms with Crippen LogP contribution < -0.4 is 0 Å². The van der Waals surface area contributed by atoms with E-state index in [4.69, 9.17) is 23.2 Å². The van der Waals surface area contributed by atoms with Crippen LogP contribution in [0.15, 0.2) is 12.3 Å². The van der Waals surface area contributed by atoms with Crippen molar-refractivity contribution in [3.63, 3.8) is 0 Å². The van der Waals surface area contributed by atoms with Gasteiger partial charge in [-0.05, 0) is 6.07 Å². The van der Waals surface area contributed by atoms with Crippen molar-refractivity contribution < 1.29 is 4.39 Å². The van der Waals surface area contributed by atoms with Gasteiger partial charge in [0.2, 0.25) is 0 Å². The molecule has 0 bridgehead atoms. The minimum atomic E-state index is -0.417. The van der Waals surface area contributed by atoms with Gasteiger partial charge in [0, 0.05) is 5.56 Å². The SMILES string of the molecule is Fc1cnc(Cl)cc1CCl. The van der Waals surface area contributed by atoms with Crippen molar-refractivity contribution in [2.45, 2.75) is 5.88 Å². The number of hydrogen-bond acceptors (Lipinski definition) is 1. The molecule has 54 valence electrons. The van der Waals surface area contributed by atoms with Crippen molar-refractivity contribution in [3.8, 4) is 0 Å². The number of aromatic nitrogens is 1. The molecule has 0 N–H and O–H groups in total. The minimum absolute atomic E-state index is 0.119. The van der Waals surface area contributed by atoms with Gasteiger partial charge >= 0.3 is 0 Å². The first-order valence-electron chi connectivity index (χ1n) is 2.60. The van der Waals surface area contributed by atoms with E-state index in [1.807, 2.05) is 0 Å². The first kappa shape index (κ1) is 7.76. The van der Waals surface area contributed by atoms with Gasteiger partial charge in [-0.2, -0.15) is 0 Å². The zero-order valence-electron chi connectivity index (χ0n) is 4.94. The molecular weight excluding hydrogens is 176 g/mol. The van der Waals surface area contributed by atoms with Crippen molar-refractivity contribution in [2.75, 3.05) is 0 Å². The molecule has 0 spiro atoms. The topological polar surface area (TPSA) is 12.9 Å². The normalized spacial score (nSPS) is 9.90. The van der Waals surface area contributed by atoms with Crippen LogP contribution in [0.1, 0.15) is 5.56 Å². The van der Waals surface area contributed by atoms with E-state index in [9.17, 15) is 4.39 Å². The lowest BCUT2D eigenvalue weighted by molar-refractivity contribution is 0.610. The molecule has 10 heavy (non-hydrogen) atoms. The Morgan fingerprint density at radius 3 is 2.80 bits per heavy atom. The smallest absolute Gasteiger partial charge is 0.145 e. The third-order valence-corrected chi connectivity index (χ3v) is 1.54. The first-order valence-corrected chi connectivity index (χ1v) is 3.51. The predicted octanol–water partition coefficient (Wildman–Crippen LogP) is 2.61. The fourth-order valence-corrected chi connectivity index (χ4v) is 0.939. The summed E-state index contributed by atoms with van der Waals surface area (Å²) in [4.78, 5) is 3.52. The van der Waals surface area contributed by atoms with Gasteiger partial charge in [-0.3, -0.25) is 0 Å². The third-order valence-electron chi connectivity index (χ3n) is 1.05. The van der Waals surface area contributed by atoms with Gasteiger partial charge in [-0.1, -0.05) is 11.6 Å². The monoisotopic (exact) mass is 179 g/mol.